The molecule has 7 nitrogen and oxygen atoms in total. The number of aromatic nitrogens is 3. The van der Waals surface area contributed by atoms with Crippen molar-refractivity contribution in [3.05, 3.63) is 77.6 Å². The first-order valence-electron chi connectivity index (χ1n) is 12.1. The summed E-state index contributed by atoms with van der Waals surface area (Å²) < 4.78 is 23.9. The van der Waals surface area contributed by atoms with E-state index in [9.17, 15) is 9.90 Å². The Hall–Kier alpha value is -2.88. The largest absolute Gasteiger partial charge is 0.395 e. The van der Waals surface area contributed by atoms with Crippen LogP contribution in [0.4, 0.5) is 9.80 Å². The number of aliphatic hydroxyl groups excluding tert-OH is 1. The molecule has 35 heavy (non-hydrogen) atoms. The summed E-state index contributed by atoms with van der Waals surface area (Å²) >= 11 is 0. The molecule has 2 N–H and O–H groups in total. The quantitative estimate of drug-likeness (QED) is 0.379. The van der Waals surface area contributed by atoms with E-state index in [0.717, 1.165) is 16.8 Å². The molecule has 5 atom stereocenters. The number of anilines is 1. The Morgan fingerprint density at radius 2 is 1.91 bits per heavy atom. The summed E-state index contributed by atoms with van der Waals surface area (Å²) in [6, 6.07) is 17.2. The predicted octanol–water partition coefficient (Wildman–Crippen LogP) is 4.22. The first-order valence-corrected chi connectivity index (χ1v) is 15.0. The standard InChI is InChI=1S/C26H31FN4O3Si/c1-17-24(35(2,3)27)23(34-26(17)20-11-7-8-12-21(20)28-25(26)33)13-14-31-15-22(29-30-31)19(16-32)18-9-5-4-6-10-18/h4-12,15,17,19,23-24,32H,13-14,16H2,1-3H3,(H,28,33)/t17-,19?,23+,24-,26+/m1/s1. The van der Waals surface area contributed by atoms with E-state index >= 15 is 4.11 Å². The predicted molar refractivity (Wildman–Crippen MR) is 133 cm³/mol. The van der Waals surface area contributed by atoms with Crippen LogP contribution in [0.2, 0.25) is 18.6 Å². The van der Waals surface area contributed by atoms with Crippen LogP contribution in [-0.2, 0) is 21.7 Å². The van der Waals surface area contributed by atoms with Gasteiger partial charge in [-0.25, -0.2) is 0 Å². The zero-order chi connectivity index (χ0) is 24.8. The van der Waals surface area contributed by atoms with Crippen LogP contribution >= 0.6 is 0 Å². The van der Waals surface area contributed by atoms with Gasteiger partial charge >= 0.3 is 0 Å². The van der Waals surface area contributed by atoms with Gasteiger partial charge in [0.05, 0.1) is 24.3 Å². The summed E-state index contributed by atoms with van der Waals surface area (Å²) in [4.78, 5) is 13.2. The number of fused-ring (bicyclic) bond motifs is 2. The fourth-order valence-electron chi connectivity index (χ4n) is 5.99. The Labute approximate surface area is 205 Å². The van der Waals surface area contributed by atoms with E-state index in [4.69, 9.17) is 4.74 Å². The SMILES string of the molecule is C[C@@H]1[C@@H]([Si](C)(C)F)[C@H](CCn2cc(C(CO)c3ccccc3)nn2)O[C@@]12C(=O)Nc1ccccc12. The smallest absolute Gasteiger partial charge is 0.261 e. The number of carbonyl (C=O) groups is 1. The van der Waals surface area contributed by atoms with Gasteiger partial charge in [0.1, 0.15) is 0 Å². The van der Waals surface area contributed by atoms with E-state index in [1.807, 2.05) is 67.7 Å². The average Bonchev–Trinajstić information content (AvgIpc) is 3.49. The van der Waals surface area contributed by atoms with Crippen molar-refractivity contribution >= 4 is 20.0 Å². The third-order valence-corrected chi connectivity index (χ3v) is 10.0. The number of rotatable bonds is 7. The van der Waals surface area contributed by atoms with Crippen LogP contribution in [0.1, 0.15) is 36.1 Å². The third kappa shape index (κ3) is 4.01. The topological polar surface area (TPSA) is 89.3 Å². The molecule has 0 aliphatic carbocycles. The molecule has 0 radical (unpaired) electrons. The van der Waals surface area contributed by atoms with E-state index in [1.54, 1.807) is 17.8 Å². The molecule has 1 unspecified atom stereocenters. The maximum absolute atomic E-state index is 15.7. The Morgan fingerprint density at radius 1 is 1.20 bits per heavy atom. The molecule has 3 heterocycles. The number of ether oxygens (including phenoxy) is 1. The lowest BCUT2D eigenvalue weighted by Crippen LogP contribution is -2.41. The summed E-state index contributed by atoms with van der Waals surface area (Å²) in [6.07, 6.45) is 1.90. The van der Waals surface area contributed by atoms with Crippen molar-refractivity contribution in [1.82, 2.24) is 15.0 Å². The number of para-hydroxylation sites is 1. The van der Waals surface area contributed by atoms with E-state index in [0.29, 0.717) is 18.7 Å². The number of carbonyl (C=O) groups excluding carboxylic acids is 1. The molecule has 1 fully saturated rings. The summed E-state index contributed by atoms with van der Waals surface area (Å²) in [7, 11) is -3.18. The van der Waals surface area contributed by atoms with Crippen molar-refractivity contribution in [3.63, 3.8) is 0 Å². The van der Waals surface area contributed by atoms with Gasteiger partial charge in [-0.05, 0) is 31.1 Å². The highest BCUT2D eigenvalue weighted by molar-refractivity contribution is 6.72. The molecular formula is C26H31FN4O3Si. The highest BCUT2D eigenvalue weighted by Crippen LogP contribution is 2.58. The molecule has 2 aliphatic rings. The highest BCUT2D eigenvalue weighted by atomic mass is 28.4. The maximum atomic E-state index is 15.7. The second-order valence-electron chi connectivity index (χ2n) is 10.1. The van der Waals surface area contributed by atoms with Gasteiger partial charge in [-0.3, -0.25) is 9.48 Å². The van der Waals surface area contributed by atoms with E-state index in [1.165, 1.54) is 0 Å². The summed E-state index contributed by atoms with van der Waals surface area (Å²) in [5.41, 5.74) is 1.64. The zero-order valence-electron chi connectivity index (χ0n) is 20.2. The summed E-state index contributed by atoms with van der Waals surface area (Å²) in [5, 5.41) is 21.4. The van der Waals surface area contributed by atoms with Crippen molar-refractivity contribution in [3.8, 4) is 0 Å². The van der Waals surface area contributed by atoms with Gasteiger partial charge in [0.2, 0.25) is 8.41 Å². The zero-order valence-corrected chi connectivity index (χ0v) is 21.2. The second kappa shape index (κ2) is 8.96. The molecule has 3 aromatic rings. The number of halogens is 1. The van der Waals surface area contributed by atoms with E-state index in [-0.39, 0.29) is 29.9 Å². The second-order valence-corrected chi connectivity index (χ2v) is 13.9. The number of aryl methyl sites for hydroxylation is 1. The van der Waals surface area contributed by atoms with Gasteiger partial charge in [0.15, 0.2) is 5.60 Å². The number of hydrogen-bond acceptors (Lipinski definition) is 5. The number of nitrogens with zero attached hydrogens (tertiary/aromatic N) is 3. The van der Waals surface area contributed by atoms with Crippen LogP contribution in [0, 0.1) is 5.92 Å². The third-order valence-electron chi connectivity index (χ3n) is 7.56. The molecule has 184 valence electrons. The van der Waals surface area contributed by atoms with Crippen LogP contribution in [0.25, 0.3) is 0 Å². The van der Waals surface area contributed by atoms with Crippen LogP contribution in [0.15, 0.2) is 60.8 Å². The molecular weight excluding hydrogens is 463 g/mol. The molecule has 1 amide bonds. The van der Waals surface area contributed by atoms with Gasteiger partial charge in [0, 0.05) is 35.5 Å². The molecule has 2 aliphatic heterocycles. The monoisotopic (exact) mass is 494 g/mol. The van der Waals surface area contributed by atoms with E-state index < -0.39 is 20.1 Å². The minimum Gasteiger partial charge on any atom is -0.395 e. The molecule has 5 rings (SSSR count). The lowest BCUT2D eigenvalue weighted by molar-refractivity contribution is -0.143. The fraction of sp³-hybridized carbons (Fsp3) is 0.423. The molecule has 1 spiro atoms. The van der Waals surface area contributed by atoms with Gasteiger partial charge in [0.25, 0.3) is 5.91 Å². The first-order chi connectivity index (χ1) is 16.8. The van der Waals surface area contributed by atoms with Crippen molar-refractivity contribution in [1.29, 1.82) is 0 Å². The van der Waals surface area contributed by atoms with Crippen molar-refractivity contribution in [2.24, 2.45) is 5.92 Å². The summed E-state index contributed by atoms with van der Waals surface area (Å²) in [6.45, 7) is 5.73. The normalized spacial score (nSPS) is 26.7. The van der Waals surface area contributed by atoms with Gasteiger partial charge in [-0.2, -0.15) is 0 Å². The first kappa shape index (κ1) is 23.8. The molecule has 1 saturated heterocycles. The lowest BCUT2D eigenvalue weighted by atomic mass is 9.82. The Kier molecular flexibility index (Phi) is 6.10. The van der Waals surface area contributed by atoms with Crippen LogP contribution in [-0.4, -0.2) is 47.1 Å². The Bertz CT molecular complexity index is 1210. The minimum absolute atomic E-state index is 0.0767. The molecule has 0 bridgehead atoms. The van der Waals surface area contributed by atoms with Crippen LogP contribution in [0.3, 0.4) is 0 Å². The number of nitrogens with one attached hydrogen (secondary N) is 1. The minimum atomic E-state index is -3.18. The number of hydrogen-bond donors (Lipinski definition) is 2. The van der Waals surface area contributed by atoms with E-state index in [2.05, 4.69) is 15.6 Å². The van der Waals surface area contributed by atoms with Gasteiger partial charge in [-0.15, -0.1) is 5.10 Å². The number of aliphatic hydroxyl groups is 1. The molecule has 2 aromatic carbocycles. The van der Waals surface area contributed by atoms with Gasteiger partial charge < -0.3 is 19.3 Å². The highest BCUT2D eigenvalue weighted by Gasteiger charge is 2.64. The van der Waals surface area contributed by atoms with Crippen LogP contribution in [0.5, 0.6) is 0 Å². The molecule has 1 aromatic heterocycles. The fourth-order valence-corrected chi connectivity index (χ4v) is 8.53. The van der Waals surface area contributed by atoms with Crippen molar-refractivity contribution in [2.45, 2.75) is 56.1 Å². The lowest BCUT2D eigenvalue weighted by Gasteiger charge is -2.30. The number of amides is 1. The summed E-state index contributed by atoms with van der Waals surface area (Å²) in [5.74, 6) is -0.779. The Balaban J connectivity index is 1.38. The van der Waals surface area contributed by atoms with Gasteiger partial charge in [-0.1, -0.05) is 60.7 Å². The number of benzene rings is 2. The van der Waals surface area contributed by atoms with Crippen molar-refractivity contribution in [2.75, 3.05) is 11.9 Å². The Morgan fingerprint density at radius 3 is 2.63 bits per heavy atom. The van der Waals surface area contributed by atoms with Crippen LogP contribution < -0.4 is 5.32 Å². The molecule has 0 saturated carbocycles. The average molecular weight is 495 g/mol. The van der Waals surface area contributed by atoms with Crippen molar-refractivity contribution < 1.29 is 18.7 Å². The maximum Gasteiger partial charge on any atom is 0.261 e. The molecule has 9 heteroatoms.